The van der Waals surface area contributed by atoms with Crippen LogP contribution in [0.2, 0.25) is 0 Å². The van der Waals surface area contributed by atoms with Crippen molar-refractivity contribution in [3.8, 4) is 0 Å². The minimum atomic E-state index is -2.33. The summed E-state index contributed by atoms with van der Waals surface area (Å²) in [5.74, 6) is -4.91. The smallest absolute Gasteiger partial charge is 0.306 e. The van der Waals surface area contributed by atoms with E-state index in [9.17, 15) is 33.9 Å². The van der Waals surface area contributed by atoms with Crippen LogP contribution in [0.4, 0.5) is 14.5 Å². The fourth-order valence-electron chi connectivity index (χ4n) is 11.5. The largest absolute Gasteiger partial charge is 0.461 e. The first-order valence-electron chi connectivity index (χ1n) is 22.3. The van der Waals surface area contributed by atoms with Crippen molar-refractivity contribution >= 4 is 51.7 Å². The van der Waals surface area contributed by atoms with Gasteiger partial charge in [0, 0.05) is 72.4 Å². The number of carbonyl (C=O) groups is 6. The second-order valence-electron chi connectivity index (χ2n) is 18.5. The van der Waals surface area contributed by atoms with E-state index in [1.165, 1.54) is 19.1 Å². The maximum absolute atomic E-state index is 17.7. The topological polar surface area (TPSA) is 192 Å². The summed E-state index contributed by atoms with van der Waals surface area (Å²) in [6.45, 7) is 4.50. The molecule has 1 heterocycles. The Hall–Kier alpha value is -5.47. The van der Waals surface area contributed by atoms with Crippen molar-refractivity contribution in [3.05, 3.63) is 95.9 Å². The number of ketones is 3. The first-order chi connectivity index (χ1) is 30.5. The highest BCUT2D eigenvalue weighted by Crippen LogP contribution is 2.72. The number of hydrogen-bond donors (Lipinski definition) is 3. The number of carbonyl (C=O) groups excluding carboxylic acids is 6. The number of aromatic nitrogens is 1. The lowest BCUT2D eigenvalue weighted by Crippen LogP contribution is -2.69. The molecule has 1 amide bonds. The number of amides is 1. The lowest BCUT2D eigenvalue weighted by Gasteiger charge is -2.63. The van der Waals surface area contributed by atoms with Crippen molar-refractivity contribution in [2.75, 3.05) is 18.5 Å². The van der Waals surface area contributed by atoms with Crippen LogP contribution in [0, 0.1) is 28.1 Å². The monoisotopic (exact) mass is 881 g/mol. The molecular formula is C50H57F2N3O9. The van der Waals surface area contributed by atoms with Gasteiger partial charge in [-0.15, -0.1) is 0 Å². The van der Waals surface area contributed by atoms with E-state index >= 15 is 8.78 Å². The molecule has 0 unspecified atom stereocenters. The zero-order valence-corrected chi connectivity index (χ0v) is 36.6. The van der Waals surface area contributed by atoms with E-state index in [0.717, 1.165) is 16.8 Å². The molecule has 0 saturated heterocycles. The van der Waals surface area contributed by atoms with E-state index in [1.54, 1.807) is 49.6 Å². The normalized spacial score (nSPS) is 29.7. The first-order valence-corrected chi connectivity index (χ1v) is 22.3. The maximum Gasteiger partial charge on any atom is 0.306 e. The Labute approximate surface area is 371 Å². The Morgan fingerprint density at radius 2 is 1.72 bits per heavy atom. The number of fused-ring (bicyclic) bond motifs is 6. The Balaban J connectivity index is 0.915. The molecule has 3 aromatic rings. The molecule has 2 aromatic carbocycles. The lowest BCUT2D eigenvalue weighted by molar-refractivity contribution is -0.212. The van der Waals surface area contributed by atoms with E-state index in [-0.39, 0.29) is 81.8 Å². The van der Waals surface area contributed by atoms with Gasteiger partial charge >= 0.3 is 11.9 Å². The SMILES string of the molecule is CCCC(=O)C[C@]1(C(=O)COC(=O)CCCC(=O)OCc2ccc([C@@H](CN)C(=O)Nc3ccc4cnccc4c3)cc2)CC[C@H]2[C@@H]3C[C@H](F)C4=CC(=O)C=C[C@]4(C)[C@@]3(F)[C@@H](O)C[C@@]21C. The molecule has 0 radical (unpaired) electrons. The molecule has 7 rings (SSSR count). The molecule has 14 heteroatoms. The van der Waals surface area contributed by atoms with Crippen LogP contribution in [0.3, 0.4) is 0 Å². The third-order valence-corrected chi connectivity index (χ3v) is 14.9. The number of pyridine rings is 1. The molecule has 9 atom stereocenters. The van der Waals surface area contributed by atoms with Crippen molar-refractivity contribution in [3.63, 3.8) is 0 Å². The number of aliphatic hydroxyl groups is 1. The molecule has 4 aliphatic carbocycles. The van der Waals surface area contributed by atoms with Gasteiger partial charge < -0.3 is 25.6 Å². The average molecular weight is 882 g/mol. The number of aliphatic hydroxyl groups excluding tert-OH is 1. The summed E-state index contributed by atoms with van der Waals surface area (Å²) in [5.41, 5.74) is 1.55. The molecular weight excluding hydrogens is 825 g/mol. The molecule has 12 nitrogen and oxygen atoms in total. The van der Waals surface area contributed by atoms with Crippen LogP contribution < -0.4 is 11.1 Å². The highest BCUT2D eigenvalue weighted by atomic mass is 19.1. The van der Waals surface area contributed by atoms with Gasteiger partial charge in [-0.1, -0.05) is 50.3 Å². The number of esters is 2. The number of alkyl halides is 2. The second-order valence-corrected chi connectivity index (χ2v) is 18.5. The van der Waals surface area contributed by atoms with E-state index in [4.69, 9.17) is 15.2 Å². The predicted molar refractivity (Wildman–Crippen MR) is 234 cm³/mol. The summed E-state index contributed by atoms with van der Waals surface area (Å²) in [6.07, 6.45) is 4.19. The van der Waals surface area contributed by atoms with Crippen molar-refractivity contribution in [1.82, 2.24) is 4.98 Å². The number of Topliss-reactive ketones (excluding diaryl/α,β-unsaturated/α-hetero) is 2. The molecule has 4 aliphatic rings. The molecule has 3 fully saturated rings. The van der Waals surface area contributed by atoms with Gasteiger partial charge in [0.15, 0.2) is 23.8 Å². The van der Waals surface area contributed by atoms with Crippen molar-refractivity contribution in [2.24, 2.45) is 33.8 Å². The van der Waals surface area contributed by atoms with Gasteiger partial charge in [-0.2, -0.15) is 0 Å². The first kappa shape index (κ1) is 46.5. The third-order valence-electron chi connectivity index (χ3n) is 14.9. The number of ether oxygens (including phenoxy) is 2. The molecule has 0 spiro atoms. The zero-order valence-electron chi connectivity index (χ0n) is 36.6. The molecule has 340 valence electrons. The van der Waals surface area contributed by atoms with Gasteiger partial charge in [0.05, 0.1) is 12.0 Å². The summed E-state index contributed by atoms with van der Waals surface area (Å²) in [6, 6.07) is 14.4. The van der Waals surface area contributed by atoms with E-state index in [2.05, 4.69) is 10.3 Å². The number of allylic oxidation sites excluding steroid dienone is 4. The quantitative estimate of drug-likeness (QED) is 0.115. The number of rotatable bonds is 17. The maximum atomic E-state index is 17.7. The van der Waals surface area contributed by atoms with Crippen molar-refractivity contribution in [2.45, 2.75) is 115 Å². The van der Waals surface area contributed by atoms with Gasteiger partial charge in [0.25, 0.3) is 0 Å². The molecule has 64 heavy (non-hydrogen) atoms. The Morgan fingerprint density at radius 3 is 2.44 bits per heavy atom. The van der Waals surface area contributed by atoms with Crippen LogP contribution in [0.15, 0.2) is 84.7 Å². The van der Waals surface area contributed by atoms with Crippen LogP contribution in [-0.2, 0) is 44.8 Å². The van der Waals surface area contributed by atoms with Crippen molar-refractivity contribution < 1.29 is 52.1 Å². The Bertz CT molecular complexity index is 2390. The van der Waals surface area contributed by atoms with Crippen LogP contribution in [0.1, 0.15) is 102 Å². The van der Waals surface area contributed by atoms with Gasteiger partial charge in [-0.25, -0.2) is 8.78 Å². The highest BCUT2D eigenvalue weighted by Gasteiger charge is 2.75. The van der Waals surface area contributed by atoms with Gasteiger partial charge in [-0.3, -0.25) is 33.8 Å². The fourth-order valence-corrected chi connectivity index (χ4v) is 11.5. The number of halogens is 2. The standard InChI is InChI=1S/C50H57F2N3O9/c1-4-6-36(57)24-49(19-16-38-39-23-41(51)40-22-35(56)15-18-47(40,2)50(39,52)42(58)25-48(38,49)3)43(59)29-64-45(61)8-5-7-44(60)63-28-30-9-11-31(12-10-30)37(26-53)46(62)55-34-14-13-33-27-54-20-17-32(33)21-34/h9-15,17-18,20-22,27,37-39,41-42,58H,4-8,16,19,23-26,28-29,53H2,1-3H3,(H,55,62)/t37-,38+,39+,41+,42+,47+,48+,49+,50+/m1/s1. The van der Waals surface area contributed by atoms with E-state index < -0.39 is 82.1 Å². The predicted octanol–water partition coefficient (Wildman–Crippen LogP) is 7.31. The highest BCUT2D eigenvalue weighted by molar-refractivity contribution is 6.01. The van der Waals surface area contributed by atoms with Gasteiger partial charge in [-0.05, 0) is 109 Å². The van der Waals surface area contributed by atoms with Crippen molar-refractivity contribution in [1.29, 1.82) is 0 Å². The summed E-state index contributed by atoms with van der Waals surface area (Å²) in [5, 5.41) is 16.6. The number of nitrogens with two attached hydrogens (primary N) is 1. The van der Waals surface area contributed by atoms with Crippen LogP contribution in [0.5, 0.6) is 0 Å². The average Bonchev–Trinajstić information content (AvgIpc) is 3.55. The number of nitrogens with zero attached hydrogens (tertiary/aromatic N) is 1. The molecule has 3 saturated carbocycles. The van der Waals surface area contributed by atoms with Crippen LogP contribution in [0.25, 0.3) is 10.8 Å². The fraction of sp³-hybridized carbons (Fsp3) is 0.500. The lowest BCUT2D eigenvalue weighted by atomic mass is 9.42. The molecule has 0 aliphatic heterocycles. The summed E-state index contributed by atoms with van der Waals surface area (Å²) in [4.78, 5) is 82.8. The van der Waals surface area contributed by atoms with Crippen LogP contribution >= 0.6 is 0 Å². The number of benzene rings is 2. The molecule has 4 N–H and O–H groups in total. The number of nitrogens with one attached hydrogen (secondary N) is 1. The Kier molecular flexibility index (Phi) is 13.5. The number of anilines is 1. The zero-order chi connectivity index (χ0) is 46.0. The summed E-state index contributed by atoms with van der Waals surface area (Å²) >= 11 is 0. The Morgan fingerprint density at radius 1 is 0.984 bits per heavy atom. The van der Waals surface area contributed by atoms with Crippen LogP contribution in [-0.4, -0.2) is 76.4 Å². The number of hydrogen-bond acceptors (Lipinski definition) is 11. The second kappa shape index (κ2) is 18.6. The summed E-state index contributed by atoms with van der Waals surface area (Å²) < 4.78 is 44.5. The third kappa shape index (κ3) is 8.46. The van der Waals surface area contributed by atoms with Gasteiger partial charge in [0.2, 0.25) is 5.91 Å². The van der Waals surface area contributed by atoms with E-state index in [0.29, 0.717) is 29.7 Å². The minimum absolute atomic E-state index is 0.00252. The molecule has 0 bridgehead atoms. The minimum Gasteiger partial charge on any atom is -0.461 e. The van der Waals surface area contributed by atoms with Gasteiger partial charge in [0.1, 0.15) is 18.6 Å². The summed E-state index contributed by atoms with van der Waals surface area (Å²) in [7, 11) is 0. The molecule has 1 aromatic heterocycles. The van der Waals surface area contributed by atoms with E-state index in [1.807, 2.05) is 25.1 Å².